The van der Waals surface area contributed by atoms with Crippen molar-refractivity contribution in [3.63, 3.8) is 0 Å². The molecule has 0 aliphatic carbocycles. The molecule has 2 rings (SSSR count). The Hall–Kier alpha value is -1.65. The van der Waals surface area contributed by atoms with Crippen LogP contribution in [0.25, 0.3) is 0 Å². The van der Waals surface area contributed by atoms with Gasteiger partial charge in [0.15, 0.2) is 0 Å². The fraction of sp³-hybridized carbons (Fsp3) is 0.643. The van der Waals surface area contributed by atoms with Gasteiger partial charge in [-0.2, -0.15) is 0 Å². The molecule has 104 valence electrons. The highest BCUT2D eigenvalue weighted by molar-refractivity contribution is 5.80. The van der Waals surface area contributed by atoms with Gasteiger partial charge in [0, 0.05) is 44.6 Å². The van der Waals surface area contributed by atoms with Gasteiger partial charge in [0.1, 0.15) is 23.7 Å². The van der Waals surface area contributed by atoms with Gasteiger partial charge in [-0.15, -0.1) is 0 Å². The van der Waals surface area contributed by atoms with Gasteiger partial charge >= 0.3 is 0 Å². The van der Waals surface area contributed by atoms with E-state index in [0.29, 0.717) is 18.6 Å². The lowest BCUT2D eigenvalue weighted by molar-refractivity contribution is -0.119. The van der Waals surface area contributed by atoms with Crippen LogP contribution in [0, 0.1) is 0 Å². The standard InChI is InChI=1S/C14H22N4O/c1-14(2,3)17(4)12-9-13(16-10-15-12)18-7-5-11(19)6-8-18/h9-10H,5-8H2,1-4H3. The van der Waals surface area contributed by atoms with E-state index < -0.39 is 0 Å². The van der Waals surface area contributed by atoms with E-state index in [1.54, 1.807) is 6.33 Å². The summed E-state index contributed by atoms with van der Waals surface area (Å²) in [6.45, 7) is 7.96. The molecule has 0 N–H and O–H groups in total. The first kappa shape index (κ1) is 13.8. The predicted octanol–water partition coefficient (Wildman–Crippen LogP) is 1.88. The van der Waals surface area contributed by atoms with E-state index >= 15 is 0 Å². The Balaban J connectivity index is 2.17. The van der Waals surface area contributed by atoms with Crippen LogP contribution < -0.4 is 9.80 Å². The van der Waals surface area contributed by atoms with Crippen molar-refractivity contribution in [3.05, 3.63) is 12.4 Å². The van der Waals surface area contributed by atoms with E-state index in [4.69, 9.17) is 0 Å². The van der Waals surface area contributed by atoms with Crippen LogP contribution in [-0.4, -0.2) is 41.4 Å². The molecular weight excluding hydrogens is 240 g/mol. The molecule has 1 aliphatic rings. The third-order valence-corrected chi connectivity index (χ3v) is 3.63. The second-order valence-electron chi connectivity index (χ2n) is 5.99. The molecule has 0 spiro atoms. The van der Waals surface area contributed by atoms with E-state index in [2.05, 4.69) is 40.5 Å². The average Bonchev–Trinajstić information content (AvgIpc) is 2.38. The molecule has 0 unspecified atom stereocenters. The number of Topliss-reactive ketones (excluding diaryl/α,β-unsaturated/α-hetero) is 1. The van der Waals surface area contributed by atoms with Gasteiger partial charge in [0.2, 0.25) is 0 Å². The Bertz CT molecular complexity index is 457. The van der Waals surface area contributed by atoms with Gasteiger partial charge in [-0.1, -0.05) is 0 Å². The summed E-state index contributed by atoms with van der Waals surface area (Å²) >= 11 is 0. The van der Waals surface area contributed by atoms with Crippen molar-refractivity contribution in [3.8, 4) is 0 Å². The van der Waals surface area contributed by atoms with Crippen LogP contribution in [-0.2, 0) is 4.79 Å². The third kappa shape index (κ3) is 3.22. The van der Waals surface area contributed by atoms with Crippen molar-refractivity contribution >= 4 is 17.4 Å². The molecule has 5 nitrogen and oxygen atoms in total. The fourth-order valence-corrected chi connectivity index (χ4v) is 2.02. The summed E-state index contributed by atoms with van der Waals surface area (Å²) in [5.41, 5.74) is 0.0173. The zero-order valence-electron chi connectivity index (χ0n) is 12.2. The maximum Gasteiger partial charge on any atom is 0.136 e. The van der Waals surface area contributed by atoms with Crippen molar-refractivity contribution in [2.24, 2.45) is 0 Å². The maximum absolute atomic E-state index is 11.3. The van der Waals surface area contributed by atoms with Crippen LogP contribution in [0.3, 0.4) is 0 Å². The average molecular weight is 262 g/mol. The number of piperidine rings is 1. The number of aromatic nitrogens is 2. The van der Waals surface area contributed by atoms with Gasteiger partial charge in [-0.05, 0) is 20.8 Å². The normalized spacial score (nSPS) is 16.6. The second kappa shape index (κ2) is 5.15. The Labute approximate surface area is 114 Å². The summed E-state index contributed by atoms with van der Waals surface area (Å²) in [4.78, 5) is 24.2. The molecule has 0 saturated carbocycles. The van der Waals surface area contributed by atoms with Crippen molar-refractivity contribution in [2.45, 2.75) is 39.2 Å². The van der Waals surface area contributed by atoms with E-state index in [-0.39, 0.29) is 5.54 Å². The fourth-order valence-electron chi connectivity index (χ4n) is 2.02. The number of anilines is 2. The first-order chi connectivity index (χ1) is 8.88. The predicted molar refractivity (Wildman–Crippen MR) is 76.6 cm³/mol. The monoisotopic (exact) mass is 262 g/mol. The molecule has 0 bridgehead atoms. The van der Waals surface area contributed by atoms with E-state index in [1.807, 2.05) is 13.1 Å². The smallest absolute Gasteiger partial charge is 0.136 e. The largest absolute Gasteiger partial charge is 0.356 e. The highest BCUT2D eigenvalue weighted by Crippen LogP contribution is 2.23. The summed E-state index contributed by atoms with van der Waals surface area (Å²) in [6, 6.07) is 2.00. The molecule has 1 aromatic rings. The van der Waals surface area contributed by atoms with Crippen LogP contribution in [0.4, 0.5) is 11.6 Å². The van der Waals surface area contributed by atoms with E-state index in [0.717, 1.165) is 24.7 Å². The molecule has 1 saturated heterocycles. The number of carbonyl (C=O) groups excluding carboxylic acids is 1. The lowest BCUT2D eigenvalue weighted by Crippen LogP contribution is -2.39. The van der Waals surface area contributed by atoms with Crippen LogP contribution in [0.2, 0.25) is 0 Å². The minimum atomic E-state index is 0.0173. The lowest BCUT2D eigenvalue weighted by atomic mass is 10.1. The molecule has 0 amide bonds. The SMILES string of the molecule is CN(c1cc(N2CCC(=O)CC2)ncn1)C(C)(C)C. The van der Waals surface area contributed by atoms with E-state index in [9.17, 15) is 4.79 Å². The highest BCUT2D eigenvalue weighted by atomic mass is 16.1. The number of hydrogen-bond donors (Lipinski definition) is 0. The molecule has 1 fully saturated rings. The number of nitrogens with zero attached hydrogens (tertiary/aromatic N) is 4. The summed E-state index contributed by atoms with van der Waals surface area (Å²) < 4.78 is 0. The molecule has 1 aliphatic heterocycles. The molecule has 0 aromatic carbocycles. The molecule has 19 heavy (non-hydrogen) atoms. The first-order valence-electron chi connectivity index (χ1n) is 6.70. The van der Waals surface area contributed by atoms with Crippen LogP contribution in [0.5, 0.6) is 0 Å². The summed E-state index contributed by atoms with van der Waals surface area (Å²) in [5, 5.41) is 0. The summed E-state index contributed by atoms with van der Waals surface area (Å²) in [6.07, 6.45) is 2.84. The van der Waals surface area contributed by atoms with Gasteiger partial charge in [-0.3, -0.25) is 4.79 Å². The molecular formula is C14H22N4O. The summed E-state index contributed by atoms with van der Waals surface area (Å²) in [7, 11) is 2.03. The quantitative estimate of drug-likeness (QED) is 0.814. The van der Waals surface area contributed by atoms with Crippen molar-refractivity contribution in [1.82, 2.24) is 9.97 Å². The molecule has 1 aromatic heterocycles. The number of ketones is 1. The third-order valence-electron chi connectivity index (χ3n) is 3.63. The number of hydrogen-bond acceptors (Lipinski definition) is 5. The van der Waals surface area contributed by atoms with Crippen molar-refractivity contribution < 1.29 is 4.79 Å². The summed E-state index contributed by atoms with van der Waals surface area (Å²) in [5.74, 6) is 2.17. The number of carbonyl (C=O) groups is 1. The maximum atomic E-state index is 11.3. The zero-order chi connectivity index (χ0) is 14.0. The van der Waals surface area contributed by atoms with Gasteiger partial charge in [0.05, 0.1) is 0 Å². The number of rotatable bonds is 2. The topological polar surface area (TPSA) is 49.3 Å². The molecule has 0 radical (unpaired) electrons. The van der Waals surface area contributed by atoms with Crippen LogP contribution in [0.1, 0.15) is 33.6 Å². The van der Waals surface area contributed by atoms with Gasteiger partial charge < -0.3 is 9.80 Å². The minimum absolute atomic E-state index is 0.0173. The van der Waals surface area contributed by atoms with Crippen molar-refractivity contribution in [2.75, 3.05) is 29.9 Å². The zero-order valence-corrected chi connectivity index (χ0v) is 12.2. The Morgan fingerprint density at radius 1 is 1.21 bits per heavy atom. The van der Waals surface area contributed by atoms with Crippen molar-refractivity contribution in [1.29, 1.82) is 0 Å². The Morgan fingerprint density at radius 3 is 2.42 bits per heavy atom. The lowest BCUT2D eigenvalue weighted by Gasteiger charge is -2.34. The molecule has 5 heteroatoms. The van der Waals surface area contributed by atoms with Crippen LogP contribution >= 0.6 is 0 Å². The Morgan fingerprint density at radius 2 is 1.84 bits per heavy atom. The van der Waals surface area contributed by atoms with Crippen LogP contribution in [0.15, 0.2) is 12.4 Å². The second-order valence-corrected chi connectivity index (χ2v) is 5.99. The molecule has 0 atom stereocenters. The molecule has 2 heterocycles. The minimum Gasteiger partial charge on any atom is -0.356 e. The highest BCUT2D eigenvalue weighted by Gasteiger charge is 2.21. The Kier molecular flexibility index (Phi) is 3.73. The van der Waals surface area contributed by atoms with Gasteiger partial charge in [-0.25, -0.2) is 9.97 Å². The first-order valence-corrected chi connectivity index (χ1v) is 6.70. The van der Waals surface area contributed by atoms with Gasteiger partial charge in [0.25, 0.3) is 0 Å². The van der Waals surface area contributed by atoms with E-state index in [1.165, 1.54) is 0 Å².